The summed E-state index contributed by atoms with van der Waals surface area (Å²) >= 11 is 0. The zero-order valence-electron chi connectivity index (χ0n) is 9.81. The van der Waals surface area contributed by atoms with Gasteiger partial charge < -0.3 is 4.74 Å². The van der Waals surface area contributed by atoms with Crippen molar-refractivity contribution >= 4 is 5.90 Å². The van der Waals surface area contributed by atoms with Gasteiger partial charge in [-0.1, -0.05) is 0 Å². The average molecular weight is 261 g/mol. The molecule has 0 N–H and O–H groups in total. The normalized spacial score (nSPS) is 18.4. The van der Waals surface area contributed by atoms with Crippen molar-refractivity contribution in [2.75, 3.05) is 6.61 Å². The van der Waals surface area contributed by atoms with Gasteiger partial charge in [0.05, 0.1) is 11.1 Å². The van der Waals surface area contributed by atoms with Crippen LogP contribution in [0.2, 0.25) is 0 Å². The molecule has 0 atom stereocenters. The maximum Gasteiger partial charge on any atom is 0.419 e. The Kier molecular flexibility index (Phi) is 2.83. The Morgan fingerprint density at radius 1 is 1.28 bits per heavy atom. The summed E-state index contributed by atoms with van der Waals surface area (Å²) in [5, 5.41) is 0. The summed E-state index contributed by atoms with van der Waals surface area (Å²) in [6.45, 7) is 3.96. The number of nitrogens with zero attached hydrogens (tertiary/aromatic N) is 1. The van der Waals surface area contributed by atoms with Gasteiger partial charge in [-0.05, 0) is 32.0 Å². The van der Waals surface area contributed by atoms with Crippen LogP contribution in [0.3, 0.4) is 0 Å². The number of aliphatic imine (C=N–C) groups is 1. The molecule has 0 aromatic heterocycles. The molecule has 1 aromatic rings. The molecule has 18 heavy (non-hydrogen) atoms. The van der Waals surface area contributed by atoms with E-state index in [1.807, 2.05) is 13.8 Å². The fourth-order valence-electron chi connectivity index (χ4n) is 1.61. The van der Waals surface area contributed by atoms with Gasteiger partial charge >= 0.3 is 6.18 Å². The van der Waals surface area contributed by atoms with E-state index in [0.717, 1.165) is 12.1 Å². The Hall–Kier alpha value is -1.59. The molecule has 0 radical (unpaired) electrons. The van der Waals surface area contributed by atoms with Gasteiger partial charge in [-0.15, -0.1) is 0 Å². The van der Waals surface area contributed by atoms with Crippen LogP contribution in [0.15, 0.2) is 23.2 Å². The van der Waals surface area contributed by atoms with Gasteiger partial charge in [0.25, 0.3) is 0 Å². The molecule has 0 amide bonds. The van der Waals surface area contributed by atoms with Crippen LogP contribution in [-0.4, -0.2) is 18.0 Å². The van der Waals surface area contributed by atoms with Gasteiger partial charge in [0, 0.05) is 5.56 Å². The van der Waals surface area contributed by atoms with Crippen LogP contribution >= 0.6 is 0 Å². The molecule has 0 aliphatic carbocycles. The molecular weight excluding hydrogens is 250 g/mol. The molecule has 0 fully saturated rings. The molecule has 2 rings (SSSR count). The van der Waals surface area contributed by atoms with E-state index in [1.54, 1.807) is 0 Å². The highest BCUT2D eigenvalue weighted by Gasteiger charge is 2.35. The van der Waals surface area contributed by atoms with Crippen molar-refractivity contribution in [3.8, 4) is 0 Å². The van der Waals surface area contributed by atoms with Crippen LogP contribution in [0.4, 0.5) is 17.6 Å². The van der Waals surface area contributed by atoms with Gasteiger partial charge in [0.15, 0.2) is 0 Å². The molecule has 6 heteroatoms. The summed E-state index contributed by atoms with van der Waals surface area (Å²) in [5.74, 6) is -1.15. The first kappa shape index (κ1) is 12.9. The van der Waals surface area contributed by atoms with Gasteiger partial charge in [-0.3, -0.25) is 0 Å². The Morgan fingerprint density at radius 3 is 2.39 bits per heavy atom. The Morgan fingerprint density at radius 2 is 1.94 bits per heavy atom. The molecule has 2 nitrogen and oxygen atoms in total. The Balaban J connectivity index is 2.37. The SMILES string of the molecule is CC1(C)COC(c2ccc(C(F)(F)F)c(F)c2)=N1. The third-order valence-corrected chi connectivity index (χ3v) is 2.49. The van der Waals surface area contributed by atoms with E-state index in [-0.39, 0.29) is 11.5 Å². The fraction of sp³-hybridized carbons (Fsp3) is 0.417. The number of alkyl halides is 3. The van der Waals surface area contributed by atoms with E-state index in [2.05, 4.69) is 4.99 Å². The van der Waals surface area contributed by atoms with E-state index < -0.39 is 23.1 Å². The quantitative estimate of drug-likeness (QED) is 0.710. The molecule has 1 aliphatic rings. The maximum absolute atomic E-state index is 13.4. The molecule has 0 bridgehead atoms. The highest BCUT2D eigenvalue weighted by atomic mass is 19.4. The Labute approximate surface area is 101 Å². The second-order valence-corrected chi connectivity index (χ2v) is 4.71. The first-order chi connectivity index (χ1) is 8.19. The highest BCUT2D eigenvalue weighted by Crippen LogP contribution is 2.32. The van der Waals surface area contributed by atoms with E-state index in [1.165, 1.54) is 0 Å². The average Bonchev–Trinajstić information content (AvgIpc) is 2.56. The van der Waals surface area contributed by atoms with Crippen molar-refractivity contribution in [1.82, 2.24) is 0 Å². The Bertz CT molecular complexity index is 505. The number of rotatable bonds is 1. The topological polar surface area (TPSA) is 21.6 Å². The van der Waals surface area contributed by atoms with Crippen molar-refractivity contribution < 1.29 is 22.3 Å². The summed E-state index contributed by atoms with van der Waals surface area (Å²) in [7, 11) is 0. The zero-order valence-corrected chi connectivity index (χ0v) is 9.81. The summed E-state index contributed by atoms with van der Waals surface area (Å²) in [6, 6.07) is 2.65. The lowest BCUT2D eigenvalue weighted by Gasteiger charge is -2.09. The number of benzene rings is 1. The molecule has 0 saturated heterocycles. The first-order valence-corrected chi connectivity index (χ1v) is 5.29. The van der Waals surface area contributed by atoms with Crippen LogP contribution in [0.25, 0.3) is 0 Å². The third kappa shape index (κ3) is 2.47. The molecule has 1 aliphatic heterocycles. The van der Waals surface area contributed by atoms with Crippen LogP contribution < -0.4 is 0 Å². The van der Waals surface area contributed by atoms with Gasteiger partial charge in [-0.2, -0.15) is 13.2 Å². The van der Waals surface area contributed by atoms with Crippen LogP contribution in [0, 0.1) is 5.82 Å². The van der Waals surface area contributed by atoms with E-state index in [9.17, 15) is 17.6 Å². The monoisotopic (exact) mass is 261 g/mol. The number of halogens is 4. The maximum atomic E-state index is 13.4. The second kappa shape index (κ2) is 3.96. The van der Waals surface area contributed by atoms with Crippen molar-refractivity contribution in [1.29, 1.82) is 0 Å². The van der Waals surface area contributed by atoms with E-state index in [0.29, 0.717) is 12.7 Å². The van der Waals surface area contributed by atoms with Gasteiger partial charge in [-0.25, -0.2) is 9.38 Å². The highest BCUT2D eigenvalue weighted by molar-refractivity contribution is 5.95. The van der Waals surface area contributed by atoms with Crippen molar-refractivity contribution in [3.63, 3.8) is 0 Å². The number of hydrogen-bond donors (Lipinski definition) is 0. The lowest BCUT2D eigenvalue weighted by molar-refractivity contribution is -0.140. The predicted octanol–water partition coefficient (Wildman–Crippen LogP) is 3.40. The standard InChI is InChI=1S/C12H11F4NO/c1-11(2)6-18-10(17-11)7-3-4-8(9(13)5-7)12(14,15)16/h3-5H,6H2,1-2H3. The molecule has 0 saturated carbocycles. The fourth-order valence-corrected chi connectivity index (χ4v) is 1.61. The van der Waals surface area contributed by atoms with Crippen LogP contribution in [0.1, 0.15) is 25.0 Å². The van der Waals surface area contributed by atoms with Crippen LogP contribution in [0.5, 0.6) is 0 Å². The molecular formula is C12H11F4NO. The minimum absolute atomic E-state index is 0.174. The molecule has 0 spiro atoms. The lowest BCUT2D eigenvalue weighted by Crippen LogP contribution is -2.17. The molecule has 98 valence electrons. The molecule has 1 heterocycles. The molecule has 0 unspecified atom stereocenters. The van der Waals surface area contributed by atoms with E-state index >= 15 is 0 Å². The zero-order chi connectivity index (χ0) is 13.6. The largest absolute Gasteiger partial charge is 0.475 e. The van der Waals surface area contributed by atoms with Crippen LogP contribution in [-0.2, 0) is 10.9 Å². The smallest absolute Gasteiger partial charge is 0.419 e. The summed E-state index contributed by atoms with van der Waals surface area (Å²) in [5.41, 5.74) is -1.51. The summed E-state index contributed by atoms with van der Waals surface area (Å²) in [4.78, 5) is 4.17. The number of hydrogen-bond acceptors (Lipinski definition) is 2. The van der Waals surface area contributed by atoms with Crippen molar-refractivity contribution in [2.45, 2.75) is 25.6 Å². The molecule has 1 aromatic carbocycles. The summed E-state index contributed by atoms with van der Waals surface area (Å²) in [6.07, 6.45) is -4.69. The predicted molar refractivity (Wildman–Crippen MR) is 58.0 cm³/mol. The van der Waals surface area contributed by atoms with Gasteiger partial charge in [0.1, 0.15) is 12.4 Å². The lowest BCUT2D eigenvalue weighted by atomic mass is 10.1. The third-order valence-electron chi connectivity index (χ3n) is 2.49. The van der Waals surface area contributed by atoms with Crippen molar-refractivity contribution in [3.05, 3.63) is 35.1 Å². The second-order valence-electron chi connectivity index (χ2n) is 4.71. The number of ether oxygens (including phenoxy) is 1. The first-order valence-electron chi connectivity index (χ1n) is 5.29. The summed E-state index contributed by atoms with van der Waals surface area (Å²) < 4.78 is 55.7. The minimum atomic E-state index is -4.69. The van der Waals surface area contributed by atoms with Gasteiger partial charge in [0.2, 0.25) is 5.90 Å². The van der Waals surface area contributed by atoms with Crippen molar-refractivity contribution in [2.24, 2.45) is 4.99 Å². The minimum Gasteiger partial charge on any atom is -0.475 e. The van der Waals surface area contributed by atoms with E-state index in [4.69, 9.17) is 4.74 Å².